The van der Waals surface area contributed by atoms with Crippen LogP contribution >= 0.6 is 0 Å². The average molecular weight is 223 g/mol. The van der Waals surface area contributed by atoms with Gasteiger partial charge in [0.1, 0.15) is 5.69 Å². The van der Waals surface area contributed by atoms with Gasteiger partial charge in [0.15, 0.2) is 5.84 Å². The van der Waals surface area contributed by atoms with Crippen LogP contribution in [-0.2, 0) is 11.3 Å². The van der Waals surface area contributed by atoms with E-state index in [-0.39, 0.29) is 5.84 Å². The molecule has 1 heterocycles. The van der Waals surface area contributed by atoms with Gasteiger partial charge in [0.25, 0.3) is 0 Å². The lowest BCUT2D eigenvalue weighted by Gasteiger charge is -2.07. The van der Waals surface area contributed by atoms with Crippen LogP contribution in [0.3, 0.4) is 0 Å². The van der Waals surface area contributed by atoms with Crippen molar-refractivity contribution in [2.24, 2.45) is 10.9 Å². The molecule has 0 bridgehead atoms. The van der Waals surface area contributed by atoms with E-state index in [0.717, 1.165) is 18.4 Å². The minimum absolute atomic E-state index is 0.00897. The standard InChI is InChI=1S/C11H17N3O2/c1-2-3-7-16-8-9-5-4-6-13-10(9)11(12)14-15/h4-6,15H,2-3,7-8H2,1H3,(H2,12,14). The fourth-order valence-corrected chi connectivity index (χ4v) is 1.26. The molecule has 0 aliphatic rings. The first kappa shape index (κ1) is 12.4. The number of ether oxygens (including phenoxy) is 1. The Morgan fingerprint density at radius 1 is 1.62 bits per heavy atom. The van der Waals surface area contributed by atoms with Gasteiger partial charge in [-0.25, -0.2) is 0 Å². The average Bonchev–Trinajstić information content (AvgIpc) is 2.34. The molecule has 1 rings (SSSR count). The predicted octanol–water partition coefficient (Wildman–Crippen LogP) is 1.49. The zero-order valence-corrected chi connectivity index (χ0v) is 9.39. The summed E-state index contributed by atoms with van der Waals surface area (Å²) in [5.74, 6) is 0.00897. The molecule has 0 spiro atoms. The van der Waals surface area contributed by atoms with E-state index in [1.807, 2.05) is 6.07 Å². The maximum atomic E-state index is 8.60. The van der Waals surface area contributed by atoms with Crippen LogP contribution in [0.15, 0.2) is 23.5 Å². The maximum absolute atomic E-state index is 8.60. The number of pyridine rings is 1. The predicted molar refractivity (Wildman–Crippen MR) is 61.3 cm³/mol. The molecule has 0 aromatic carbocycles. The number of aromatic nitrogens is 1. The molecular formula is C11H17N3O2. The molecule has 0 saturated heterocycles. The third-order valence-corrected chi connectivity index (χ3v) is 2.14. The van der Waals surface area contributed by atoms with Crippen molar-refractivity contribution in [2.75, 3.05) is 6.61 Å². The van der Waals surface area contributed by atoms with Crippen molar-refractivity contribution in [3.8, 4) is 0 Å². The first-order valence-electron chi connectivity index (χ1n) is 5.29. The first-order chi connectivity index (χ1) is 7.79. The second kappa shape index (κ2) is 6.79. The van der Waals surface area contributed by atoms with E-state index in [2.05, 4.69) is 17.1 Å². The van der Waals surface area contributed by atoms with E-state index >= 15 is 0 Å². The highest BCUT2D eigenvalue weighted by atomic mass is 16.5. The van der Waals surface area contributed by atoms with Crippen molar-refractivity contribution in [3.05, 3.63) is 29.6 Å². The van der Waals surface area contributed by atoms with Crippen LogP contribution in [0.4, 0.5) is 0 Å². The van der Waals surface area contributed by atoms with Crippen molar-refractivity contribution >= 4 is 5.84 Å². The molecule has 0 saturated carbocycles. The van der Waals surface area contributed by atoms with E-state index in [4.69, 9.17) is 15.7 Å². The molecule has 88 valence electrons. The number of hydrogen-bond donors (Lipinski definition) is 2. The quantitative estimate of drug-likeness (QED) is 0.252. The molecule has 0 aliphatic heterocycles. The second-order valence-corrected chi connectivity index (χ2v) is 3.40. The Hall–Kier alpha value is -1.62. The number of nitrogens with two attached hydrogens (primary N) is 1. The fourth-order valence-electron chi connectivity index (χ4n) is 1.26. The highest BCUT2D eigenvalue weighted by Gasteiger charge is 2.07. The number of unbranched alkanes of at least 4 members (excludes halogenated alkanes) is 1. The van der Waals surface area contributed by atoms with Gasteiger partial charge in [-0.1, -0.05) is 24.6 Å². The molecular weight excluding hydrogens is 206 g/mol. The Morgan fingerprint density at radius 2 is 2.44 bits per heavy atom. The van der Waals surface area contributed by atoms with Crippen LogP contribution in [0.5, 0.6) is 0 Å². The Bertz CT molecular complexity index is 353. The van der Waals surface area contributed by atoms with Gasteiger partial charge in [0.05, 0.1) is 6.61 Å². The zero-order valence-electron chi connectivity index (χ0n) is 9.39. The molecule has 5 heteroatoms. The molecule has 0 amide bonds. The number of hydrogen-bond acceptors (Lipinski definition) is 4. The van der Waals surface area contributed by atoms with Crippen molar-refractivity contribution in [1.29, 1.82) is 0 Å². The molecule has 0 aliphatic carbocycles. The van der Waals surface area contributed by atoms with Crippen LogP contribution in [0, 0.1) is 0 Å². The minimum atomic E-state index is 0.00897. The van der Waals surface area contributed by atoms with Gasteiger partial charge in [-0.3, -0.25) is 4.98 Å². The fraction of sp³-hybridized carbons (Fsp3) is 0.455. The number of rotatable bonds is 6. The number of oxime groups is 1. The van der Waals surface area contributed by atoms with Crippen molar-refractivity contribution in [1.82, 2.24) is 4.98 Å². The molecule has 1 aromatic heterocycles. The maximum Gasteiger partial charge on any atom is 0.189 e. The van der Waals surface area contributed by atoms with Gasteiger partial charge < -0.3 is 15.7 Å². The number of nitrogens with zero attached hydrogens (tertiary/aromatic N) is 2. The highest BCUT2D eigenvalue weighted by molar-refractivity contribution is 5.96. The van der Waals surface area contributed by atoms with Gasteiger partial charge in [-0.2, -0.15) is 0 Å². The molecule has 16 heavy (non-hydrogen) atoms. The van der Waals surface area contributed by atoms with E-state index in [1.54, 1.807) is 12.3 Å². The zero-order chi connectivity index (χ0) is 11.8. The van der Waals surface area contributed by atoms with Crippen LogP contribution in [0.25, 0.3) is 0 Å². The summed E-state index contributed by atoms with van der Waals surface area (Å²) in [6.45, 7) is 3.25. The van der Waals surface area contributed by atoms with Crippen LogP contribution in [0.2, 0.25) is 0 Å². The molecule has 3 N–H and O–H groups in total. The summed E-state index contributed by atoms with van der Waals surface area (Å²) in [4.78, 5) is 4.05. The Balaban J connectivity index is 2.64. The van der Waals surface area contributed by atoms with Crippen LogP contribution in [0.1, 0.15) is 31.0 Å². The largest absolute Gasteiger partial charge is 0.409 e. The Labute approximate surface area is 94.9 Å². The lowest BCUT2D eigenvalue weighted by molar-refractivity contribution is 0.117. The number of amidine groups is 1. The van der Waals surface area contributed by atoms with Crippen molar-refractivity contribution in [3.63, 3.8) is 0 Å². The minimum Gasteiger partial charge on any atom is -0.409 e. The lowest BCUT2D eigenvalue weighted by Crippen LogP contribution is -2.17. The smallest absolute Gasteiger partial charge is 0.189 e. The molecule has 0 atom stereocenters. The van der Waals surface area contributed by atoms with Crippen LogP contribution in [-0.4, -0.2) is 22.6 Å². The van der Waals surface area contributed by atoms with E-state index in [9.17, 15) is 0 Å². The van der Waals surface area contributed by atoms with Gasteiger partial charge in [-0.05, 0) is 12.5 Å². The second-order valence-electron chi connectivity index (χ2n) is 3.40. The summed E-state index contributed by atoms with van der Waals surface area (Å²) >= 11 is 0. The summed E-state index contributed by atoms with van der Waals surface area (Å²) in [5.41, 5.74) is 6.81. The summed E-state index contributed by atoms with van der Waals surface area (Å²) in [7, 11) is 0. The normalized spacial score (nSPS) is 11.7. The van der Waals surface area contributed by atoms with E-state index in [0.29, 0.717) is 18.9 Å². The van der Waals surface area contributed by atoms with Crippen molar-refractivity contribution in [2.45, 2.75) is 26.4 Å². The SMILES string of the molecule is CCCCOCc1cccnc1C(N)=NO. The van der Waals surface area contributed by atoms with Crippen LogP contribution < -0.4 is 5.73 Å². The lowest BCUT2D eigenvalue weighted by atomic mass is 10.2. The Morgan fingerprint density at radius 3 is 3.12 bits per heavy atom. The molecule has 0 unspecified atom stereocenters. The van der Waals surface area contributed by atoms with E-state index in [1.165, 1.54) is 0 Å². The topological polar surface area (TPSA) is 80.7 Å². The molecule has 0 radical (unpaired) electrons. The molecule has 5 nitrogen and oxygen atoms in total. The van der Waals surface area contributed by atoms with Crippen molar-refractivity contribution < 1.29 is 9.94 Å². The van der Waals surface area contributed by atoms with Gasteiger partial charge in [0.2, 0.25) is 0 Å². The summed E-state index contributed by atoms with van der Waals surface area (Å²) in [5, 5.41) is 11.5. The summed E-state index contributed by atoms with van der Waals surface area (Å²) < 4.78 is 5.46. The highest BCUT2D eigenvalue weighted by Crippen LogP contribution is 2.07. The molecule has 0 fully saturated rings. The van der Waals surface area contributed by atoms with Gasteiger partial charge in [0, 0.05) is 18.4 Å². The molecule has 1 aromatic rings. The third kappa shape index (κ3) is 3.51. The monoisotopic (exact) mass is 223 g/mol. The van der Waals surface area contributed by atoms with Gasteiger partial charge in [-0.15, -0.1) is 0 Å². The summed E-state index contributed by atoms with van der Waals surface area (Å²) in [6.07, 6.45) is 3.72. The van der Waals surface area contributed by atoms with Gasteiger partial charge >= 0.3 is 0 Å². The Kier molecular flexibility index (Phi) is 5.28. The third-order valence-electron chi connectivity index (χ3n) is 2.14. The summed E-state index contributed by atoms with van der Waals surface area (Å²) in [6, 6.07) is 3.65. The first-order valence-corrected chi connectivity index (χ1v) is 5.29. The van der Waals surface area contributed by atoms with E-state index < -0.39 is 0 Å².